The van der Waals surface area contributed by atoms with Crippen molar-refractivity contribution in [2.75, 3.05) is 13.7 Å². The molecule has 5 rings (SSSR count). The second-order valence-electron chi connectivity index (χ2n) is 9.41. The van der Waals surface area contributed by atoms with E-state index in [1.165, 1.54) is 6.42 Å². The molecular formula is C21H32O3. The van der Waals surface area contributed by atoms with Gasteiger partial charge in [-0.2, -0.15) is 0 Å². The summed E-state index contributed by atoms with van der Waals surface area (Å²) in [4.78, 5) is 13.0. The minimum atomic E-state index is -0.271. The van der Waals surface area contributed by atoms with Gasteiger partial charge in [0.05, 0.1) is 24.7 Å². The minimum absolute atomic E-state index is 0.0536. The maximum Gasteiger partial charge on any atom is 0.312 e. The molecule has 3 fully saturated rings. The van der Waals surface area contributed by atoms with Gasteiger partial charge in [-0.15, -0.1) is 0 Å². The second-order valence-corrected chi connectivity index (χ2v) is 9.41. The average molecular weight is 332 g/mol. The highest BCUT2D eigenvalue weighted by molar-refractivity contribution is 5.78. The first-order chi connectivity index (χ1) is 11.4. The third kappa shape index (κ3) is 2.03. The lowest BCUT2D eigenvalue weighted by atomic mass is 9.50. The summed E-state index contributed by atoms with van der Waals surface area (Å²) in [7, 11) is 1.58. The normalized spacial score (nSPS) is 49.6. The molecule has 0 aromatic carbocycles. The van der Waals surface area contributed by atoms with Crippen LogP contribution in [-0.2, 0) is 14.3 Å². The highest BCUT2D eigenvalue weighted by Gasteiger charge is 2.65. The van der Waals surface area contributed by atoms with Gasteiger partial charge in [0.25, 0.3) is 0 Å². The van der Waals surface area contributed by atoms with E-state index in [0.29, 0.717) is 23.7 Å². The lowest BCUT2D eigenvalue weighted by Crippen LogP contribution is -2.55. The maximum absolute atomic E-state index is 13.0. The summed E-state index contributed by atoms with van der Waals surface area (Å²) < 4.78 is 11.7. The Morgan fingerprint density at radius 2 is 1.96 bits per heavy atom. The van der Waals surface area contributed by atoms with Crippen LogP contribution in [0.25, 0.3) is 0 Å². The SMILES string of the molecule is COC(=O)[C@]12CC[C@@]34CCC(C)(C=C[C@H]3[C@@H]1CC[C@@H]2C(C)C)OC4. The molecule has 3 aliphatic carbocycles. The lowest BCUT2D eigenvalue weighted by Gasteiger charge is -2.55. The Balaban J connectivity index is 1.78. The molecule has 0 amide bonds. The van der Waals surface area contributed by atoms with Crippen LogP contribution in [0.3, 0.4) is 0 Å². The van der Waals surface area contributed by atoms with Crippen molar-refractivity contribution in [1.82, 2.24) is 0 Å². The molecule has 2 heterocycles. The number of rotatable bonds is 2. The number of esters is 1. The Hall–Kier alpha value is -0.830. The number of ether oxygens (including phenoxy) is 2. The van der Waals surface area contributed by atoms with Crippen LogP contribution in [0.1, 0.15) is 59.3 Å². The van der Waals surface area contributed by atoms with Gasteiger partial charge in [0.2, 0.25) is 0 Å². The van der Waals surface area contributed by atoms with Gasteiger partial charge in [-0.1, -0.05) is 26.0 Å². The Morgan fingerprint density at radius 1 is 1.21 bits per heavy atom. The second kappa shape index (κ2) is 5.33. The van der Waals surface area contributed by atoms with Gasteiger partial charge in [0, 0.05) is 5.41 Å². The van der Waals surface area contributed by atoms with Crippen LogP contribution in [0.2, 0.25) is 0 Å². The van der Waals surface area contributed by atoms with Crippen molar-refractivity contribution in [3.8, 4) is 0 Å². The van der Waals surface area contributed by atoms with E-state index in [2.05, 4.69) is 32.9 Å². The number of carbonyl (C=O) groups is 1. The van der Waals surface area contributed by atoms with Crippen molar-refractivity contribution in [3.63, 3.8) is 0 Å². The Morgan fingerprint density at radius 3 is 2.58 bits per heavy atom. The van der Waals surface area contributed by atoms with Crippen molar-refractivity contribution >= 4 is 5.97 Å². The largest absolute Gasteiger partial charge is 0.469 e. The molecule has 6 atom stereocenters. The van der Waals surface area contributed by atoms with E-state index in [1.54, 1.807) is 7.11 Å². The quantitative estimate of drug-likeness (QED) is 0.556. The molecule has 0 radical (unpaired) electrons. The van der Waals surface area contributed by atoms with E-state index in [9.17, 15) is 4.79 Å². The van der Waals surface area contributed by atoms with Gasteiger partial charge >= 0.3 is 5.97 Å². The van der Waals surface area contributed by atoms with Crippen molar-refractivity contribution in [2.24, 2.45) is 34.5 Å². The summed E-state index contributed by atoms with van der Waals surface area (Å²) in [5.74, 6) is 1.93. The molecule has 2 aliphatic heterocycles. The summed E-state index contributed by atoms with van der Waals surface area (Å²) in [6, 6.07) is 0. The molecular weight excluding hydrogens is 300 g/mol. The number of carbonyl (C=O) groups excluding carboxylic acids is 1. The van der Waals surface area contributed by atoms with Gasteiger partial charge in [0.1, 0.15) is 0 Å². The molecule has 0 N–H and O–H groups in total. The molecule has 2 saturated carbocycles. The van der Waals surface area contributed by atoms with Gasteiger partial charge in [0.15, 0.2) is 0 Å². The lowest BCUT2D eigenvalue weighted by molar-refractivity contribution is -0.179. The zero-order valence-electron chi connectivity index (χ0n) is 15.6. The van der Waals surface area contributed by atoms with Gasteiger partial charge in [-0.05, 0) is 69.1 Å². The Labute approximate surface area is 146 Å². The van der Waals surface area contributed by atoms with E-state index < -0.39 is 0 Å². The van der Waals surface area contributed by atoms with Gasteiger partial charge < -0.3 is 9.47 Å². The zero-order chi connectivity index (χ0) is 17.2. The predicted octanol–water partition coefficient (Wildman–Crippen LogP) is 4.36. The first-order valence-corrected chi connectivity index (χ1v) is 9.79. The zero-order valence-corrected chi connectivity index (χ0v) is 15.6. The van der Waals surface area contributed by atoms with E-state index in [0.717, 1.165) is 38.7 Å². The minimum Gasteiger partial charge on any atom is -0.469 e. The summed E-state index contributed by atoms with van der Waals surface area (Å²) in [6.07, 6.45) is 11.5. The van der Waals surface area contributed by atoms with Crippen LogP contribution in [-0.4, -0.2) is 25.3 Å². The van der Waals surface area contributed by atoms with Crippen molar-refractivity contribution in [2.45, 2.75) is 64.9 Å². The van der Waals surface area contributed by atoms with Crippen LogP contribution >= 0.6 is 0 Å². The highest BCUT2D eigenvalue weighted by atomic mass is 16.5. The molecule has 1 unspecified atom stereocenters. The third-order valence-electron chi connectivity index (χ3n) is 8.12. The number of hydrogen-bond donors (Lipinski definition) is 0. The fourth-order valence-corrected chi connectivity index (χ4v) is 6.78. The molecule has 134 valence electrons. The third-order valence-corrected chi connectivity index (χ3v) is 8.12. The maximum atomic E-state index is 13.0. The summed E-state index contributed by atoms with van der Waals surface area (Å²) in [6.45, 7) is 7.63. The van der Waals surface area contributed by atoms with Crippen LogP contribution in [0.5, 0.6) is 0 Å². The number of hydrogen-bond acceptors (Lipinski definition) is 3. The molecule has 3 nitrogen and oxygen atoms in total. The average Bonchev–Trinajstić information content (AvgIpc) is 2.82. The first-order valence-electron chi connectivity index (χ1n) is 9.79. The van der Waals surface area contributed by atoms with Gasteiger partial charge in [-0.3, -0.25) is 4.79 Å². The standard InChI is InChI=1S/C21H32O3/c1-14(2)15-5-6-17-16-7-8-19(3)9-10-20(16,13-24-19)11-12-21(15,17)18(22)23-4/h7-8,14-17H,5-6,9-13H2,1-4H3/t15-,16+,17+,19?,20-,21+/m1/s1. The monoisotopic (exact) mass is 332 g/mol. The molecule has 24 heavy (non-hydrogen) atoms. The van der Waals surface area contributed by atoms with Crippen LogP contribution in [0.15, 0.2) is 12.2 Å². The van der Waals surface area contributed by atoms with Crippen LogP contribution in [0.4, 0.5) is 0 Å². The molecule has 5 aliphatic rings. The van der Waals surface area contributed by atoms with Crippen LogP contribution < -0.4 is 0 Å². The molecule has 3 heteroatoms. The van der Waals surface area contributed by atoms with Crippen molar-refractivity contribution in [1.29, 1.82) is 0 Å². The van der Waals surface area contributed by atoms with Gasteiger partial charge in [-0.25, -0.2) is 0 Å². The molecule has 2 bridgehead atoms. The summed E-state index contributed by atoms with van der Waals surface area (Å²) in [5, 5.41) is 0. The highest BCUT2D eigenvalue weighted by Crippen LogP contribution is 2.67. The molecule has 1 saturated heterocycles. The number of methoxy groups -OCH3 is 1. The van der Waals surface area contributed by atoms with Crippen molar-refractivity contribution < 1.29 is 14.3 Å². The van der Waals surface area contributed by atoms with E-state index in [-0.39, 0.29) is 22.4 Å². The number of fused-ring (bicyclic) bond motifs is 3. The summed E-state index contributed by atoms with van der Waals surface area (Å²) >= 11 is 0. The first kappa shape index (κ1) is 16.6. The molecule has 0 aromatic heterocycles. The molecule has 1 spiro atoms. The van der Waals surface area contributed by atoms with E-state index >= 15 is 0 Å². The van der Waals surface area contributed by atoms with Crippen LogP contribution in [0, 0.1) is 34.5 Å². The fourth-order valence-electron chi connectivity index (χ4n) is 6.78. The molecule has 0 aromatic rings. The Kier molecular flexibility index (Phi) is 3.69. The predicted molar refractivity (Wildman–Crippen MR) is 93.4 cm³/mol. The van der Waals surface area contributed by atoms with E-state index in [4.69, 9.17) is 9.47 Å². The Bertz CT molecular complexity index is 555. The smallest absolute Gasteiger partial charge is 0.312 e. The topological polar surface area (TPSA) is 35.5 Å². The number of allylic oxidation sites excluding steroid dienone is 1. The van der Waals surface area contributed by atoms with Crippen molar-refractivity contribution in [3.05, 3.63) is 12.2 Å². The summed E-state index contributed by atoms with van der Waals surface area (Å²) in [5.41, 5.74) is -0.111. The fraction of sp³-hybridized carbons (Fsp3) is 0.857. The van der Waals surface area contributed by atoms with E-state index in [1.807, 2.05) is 0 Å².